The number of hydrogen-bond acceptors (Lipinski definition) is 5. The van der Waals surface area contributed by atoms with Crippen molar-refractivity contribution in [2.24, 2.45) is 0 Å². The number of rotatable bonds is 3. The van der Waals surface area contributed by atoms with E-state index in [1.165, 1.54) is 18.2 Å². The van der Waals surface area contributed by atoms with Crippen molar-refractivity contribution in [3.05, 3.63) is 79.8 Å². The molecule has 0 unspecified atom stereocenters. The molecule has 7 nitrogen and oxygen atoms in total. The Morgan fingerprint density at radius 3 is 2.67 bits per heavy atom. The molecule has 8 heteroatoms. The molecule has 0 spiro atoms. The van der Waals surface area contributed by atoms with Gasteiger partial charge in [0.1, 0.15) is 5.69 Å². The van der Waals surface area contributed by atoms with Crippen LogP contribution in [0.2, 0.25) is 5.02 Å². The number of amides is 1. The number of benzene rings is 2. The largest absolute Gasteiger partial charge is 0.417 e. The maximum Gasteiger partial charge on any atom is 0.344 e. The highest BCUT2D eigenvalue weighted by Crippen LogP contribution is 2.28. The summed E-state index contributed by atoms with van der Waals surface area (Å²) >= 11 is 5.72. The summed E-state index contributed by atoms with van der Waals surface area (Å²) in [6.45, 7) is 0. The van der Waals surface area contributed by atoms with Gasteiger partial charge in [0, 0.05) is 11.1 Å². The average Bonchev–Trinajstić information content (AvgIpc) is 2.56. The Morgan fingerprint density at radius 1 is 1.17 bits per heavy atom. The van der Waals surface area contributed by atoms with Crippen molar-refractivity contribution in [3.8, 4) is 0 Å². The summed E-state index contributed by atoms with van der Waals surface area (Å²) in [6.07, 6.45) is 0. The second-order valence-corrected chi connectivity index (χ2v) is 5.29. The van der Waals surface area contributed by atoms with Crippen LogP contribution in [-0.2, 0) is 0 Å². The molecule has 0 atom stereocenters. The average molecular weight is 345 g/mol. The molecule has 1 heterocycles. The van der Waals surface area contributed by atoms with Crippen LogP contribution < -0.4 is 10.9 Å². The monoisotopic (exact) mass is 344 g/mol. The fourth-order valence-electron chi connectivity index (χ4n) is 2.19. The smallest absolute Gasteiger partial charge is 0.344 e. The van der Waals surface area contributed by atoms with Crippen molar-refractivity contribution < 1.29 is 14.1 Å². The van der Waals surface area contributed by atoms with Gasteiger partial charge in [-0.2, -0.15) is 0 Å². The van der Waals surface area contributed by atoms with Crippen LogP contribution in [-0.4, -0.2) is 10.8 Å². The summed E-state index contributed by atoms with van der Waals surface area (Å²) in [4.78, 5) is 34.5. The Balaban J connectivity index is 1.99. The molecule has 0 aliphatic rings. The molecule has 1 N–H and O–H groups in total. The maximum absolute atomic E-state index is 12.3. The summed E-state index contributed by atoms with van der Waals surface area (Å²) in [7, 11) is 0. The van der Waals surface area contributed by atoms with Crippen LogP contribution in [0, 0.1) is 10.1 Å². The number of nitrogens with one attached hydrogen (secondary N) is 1. The van der Waals surface area contributed by atoms with Gasteiger partial charge in [-0.25, -0.2) is 4.79 Å². The van der Waals surface area contributed by atoms with Crippen molar-refractivity contribution in [3.63, 3.8) is 0 Å². The summed E-state index contributed by atoms with van der Waals surface area (Å²) in [5.74, 6) is -1.02. The Bertz CT molecular complexity index is 1030. The Labute approximate surface area is 139 Å². The maximum atomic E-state index is 12.3. The number of fused-ring (bicyclic) bond motifs is 1. The molecule has 0 saturated carbocycles. The van der Waals surface area contributed by atoms with Gasteiger partial charge >= 0.3 is 5.63 Å². The third kappa shape index (κ3) is 2.97. The molecule has 0 aliphatic heterocycles. The normalized spacial score (nSPS) is 10.5. The van der Waals surface area contributed by atoms with Gasteiger partial charge in [-0.1, -0.05) is 29.8 Å². The molecule has 120 valence electrons. The second-order valence-electron chi connectivity index (χ2n) is 4.86. The first-order valence-electron chi connectivity index (χ1n) is 6.74. The van der Waals surface area contributed by atoms with Gasteiger partial charge in [0.15, 0.2) is 5.76 Å². The van der Waals surface area contributed by atoms with Gasteiger partial charge in [-0.15, -0.1) is 0 Å². The number of hydrogen-bond donors (Lipinski definition) is 1. The topological polar surface area (TPSA) is 102 Å². The molecule has 3 rings (SSSR count). The number of nitrogens with zero attached hydrogens (tertiary/aromatic N) is 1. The third-order valence-electron chi connectivity index (χ3n) is 3.30. The van der Waals surface area contributed by atoms with Crippen LogP contribution in [0.5, 0.6) is 0 Å². The van der Waals surface area contributed by atoms with E-state index < -0.39 is 16.5 Å². The van der Waals surface area contributed by atoms with Crippen molar-refractivity contribution in [2.45, 2.75) is 0 Å². The molecule has 2 aromatic carbocycles. The van der Waals surface area contributed by atoms with Crippen molar-refractivity contribution >= 4 is 39.7 Å². The van der Waals surface area contributed by atoms with Crippen LogP contribution in [0.1, 0.15) is 10.6 Å². The standard InChI is InChI=1S/C16H9ClN2O5/c17-10-5-6-12(13(8-10)19(22)23)18-15(20)14-7-9-3-1-2-4-11(9)16(21)24-14/h1-8H,(H,18,20). The molecule has 1 amide bonds. The van der Waals surface area contributed by atoms with E-state index in [0.717, 1.165) is 6.07 Å². The van der Waals surface area contributed by atoms with Crippen LogP contribution in [0.15, 0.2) is 57.7 Å². The first kappa shape index (κ1) is 15.7. The highest BCUT2D eigenvalue weighted by Gasteiger charge is 2.19. The predicted molar refractivity (Wildman–Crippen MR) is 88.5 cm³/mol. The lowest BCUT2D eigenvalue weighted by molar-refractivity contribution is -0.383. The second kappa shape index (κ2) is 6.13. The van der Waals surface area contributed by atoms with E-state index in [9.17, 15) is 19.7 Å². The van der Waals surface area contributed by atoms with Crippen molar-refractivity contribution in [2.75, 3.05) is 5.32 Å². The summed E-state index contributed by atoms with van der Waals surface area (Å²) < 4.78 is 4.99. The van der Waals surface area contributed by atoms with Gasteiger partial charge in [-0.3, -0.25) is 14.9 Å². The van der Waals surface area contributed by atoms with E-state index in [2.05, 4.69) is 5.32 Å². The first-order chi connectivity index (χ1) is 11.5. The van der Waals surface area contributed by atoms with E-state index in [4.69, 9.17) is 16.0 Å². The highest BCUT2D eigenvalue weighted by atomic mass is 35.5. The molecule has 3 aromatic rings. The van der Waals surface area contributed by atoms with E-state index in [1.54, 1.807) is 24.3 Å². The number of halogens is 1. The molecule has 0 fully saturated rings. The minimum Gasteiger partial charge on any atom is -0.417 e. The van der Waals surface area contributed by atoms with Gasteiger partial charge in [0.2, 0.25) is 0 Å². The lowest BCUT2D eigenvalue weighted by Gasteiger charge is -2.06. The molecule has 0 saturated heterocycles. The molecule has 0 aliphatic carbocycles. The van der Waals surface area contributed by atoms with Gasteiger partial charge in [-0.05, 0) is 29.7 Å². The Kier molecular flexibility index (Phi) is 4.01. The zero-order chi connectivity index (χ0) is 17.3. The van der Waals surface area contributed by atoms with E-state index in [0.29, 0.717) is 10.8 Å². The zero-order valence-corrected chi connectivity index (χ0v) is 12.7. The van der Waals surface area contributed by atoms with Crippen LogP contribution in [0.25, 0.3) is 10.8 Å². The van der Waals surface area contributed by atoms with Crippen LogP contribution in [0.4, 0.5) is 11.4 Å². The quantitative estimate of drug-likeness (QED) is 0.577. The number of anilines is 1. The summed E-state index contributed by atoms with van der Waals surface area (Å²) in [5.41, 5.74) is -1.08. The number of carbonyl (C=O) groups is 1. The summed E-state index contributed by atoms with van der Waals surface area (Å²) in [5, 5.41) is 14.4. The third-order valence-corrected chi connectivity index (χ3v) is 3.53. The van der Waals surface area contributed by atoms with E-state index in [1.807, 2.05) is 0 Å². The zero-order valence-electron chi connectivity index (χ0n) is 12.0. The fraction of sp³-hybridized carbons (Fsp3) is 0. The predicted octanol–water partition coefficient (Wildman–Crippen LogP) is 3.61. The molecular weight excluding hydrogens is 336 g/mol. The van der Waals surface area contributed by atoms with Gasteiger partial charge < -0.3 is 9.73 Å². The Morgan fingerprint density at radius 2 is 1.92 bits per heavy atom. The first-order valence-corrected chi connectivity index (χ1v) is 7.11. The minimum absolute atomic E-state index is 0.0507. The van der Waals surface area contributed by atoms with Crippen molar-refractivity contribution in [1.82, 2.24) is 0 Å². The summed E-state index contributed by atoms with van der Waals surface area (Å²) in [6, 6.07) is 11.9. The fourth-order valence-corrected chi connectivity index (χ4v) is 2.36. The van der Waals surface area contributed by atoms with Crippen molar-refractivity contribution in [1.29, 1.82) is 0 Å². The van der Waals surface area contributed by atoms with E-state index >= 15 is 0 Å². The van der Waals surface area contributed by atoms with Crippen LogP contribution >= 0.6 is 11.6 Å². The molecule has 24 heavy (non-hydrogen) atoms. The Hall–Kier alpha value is -3.19. The highest BCUT2D eigenvalue weighted by molar-refractivity contribution is 6.31. The molecule has 0 bridgehead atoms. The molecule has 0 radical (unpaired) electrons. The van der Waals surface area contributed by atoms with Gasteiger partial charge in [0.25, 0.3) is 11.6 Å². The van der Waals surface area contributed by atoms with Crippen LogP contribution in [0.3, 0.4) is 0 Å². The number of carbonyl (C=O) groups excluding carboxylic acids is 1. The lowest BCUT2D eigenvalue weighted by atomic mass is 10.1. The molecule has 1 aromatic heterocycles. The number of nitro groups is 1. The lowest BCUT2D eigenvalue weighted by Crippen LogP contribution is -2.15. The number of nitro benzene ring substituents is 1. The SMILES string of the molecule is O=C(Nc1ccc(Cl)cc1[N+](=O)[O-])c1cc2ccccc2c(=O)o1. The van der Waals surface area contributed by atoms with Gasteiger partial charge in [0.05, 0.1) is 10.3 Å². The minimum atomic E-state index is -0.775. The van der Waals surface area contributed by atoms with E-state index in [-0.39, 0.29) is 22.2 Å². The molecular formula is C16H9ClN2O5.